The van der Waals surface area contributed by atoms with Crippen LogP contribution in [0.4, 0.5) is 10.1 Å². The molecular formula is C51H57ClFN7O6. The number of piperidine rings is 2. The molecule has 3 N–H and O–H groups in total. The minimum atomic E-state index is -1.09. The van der Waals surface area contributed by atoms with E-state index in [1.54, 1.807) is 18.2 Å². The minimum absolute atomic E-state index is 0.0218. The molecule has 4 fully saturated rings. The molecule has 2 saturated carbocycles. The van der Waals surface area contributed by atoms with E-state index in [1.807, 2.05) is 17.0 Å². The number of aliphatic hydroxyl groups excluding tert-OH is 1. The highest BCUT2D eigenvalue weighted by atomic mass is 35.5. The number of nitrogens with one attached hydrogen (secondary N) is 2. The van der Waals surface area contributed by atoms with E-state index in [4.69, 9.17) is 16.3 Å². The summed E-state index contributed by atoms with van der Waals surface area (Å²) in [7, 11) is 0. The normalized spacial score (nSPS) is 26.6. The highest BCUT2D eigenvalue weighted by Crippen LogP contribution is 2.56. The maximum atomic E-state index is 15.6. The highest BCUT2D eigenvalue weighted by Gasteiger charge is 2.64. The Morgan fingerprint density at radius 2 is 1.71 bits per heavy atom. The summed E-state index contributed by atoms with van der Waals surface area (Å²) in [5, 5.41) is 35.4. The fourth-order valence-electron chi connectivity index (χ4n) is 12.1. The molecule has 4 heterocycles. The number of amides is 4. The quantitative estimate of drug-likeness (QED) is 0.102. The van der Waals surface area contributed by atoms with Crippen molar-refractivity contribution in [2.45, 2.75) is 129 Å². The molecule has 0 bridgehead atoms. The lowest BCUT2D eigenvalue weighted by molar-refractivity contribution is -0.180. The molecule has 3 atom stereocenters. The zero-order valence-electron chi connectivity index (χ0n) is 38.0. The average Bonchev–Trinajstić information content (AvgIpc) is 3.67. The second kappa shape index (κ2) is 17.6. The Bertz CT molecular complexity index is 2560. The molecule has 3 unspecified atom stereocenters. The largest absolute Gasteiger partial charge is 0.489 e. The molecule has 6 aliphatic rings. The maximum Gasteiger partial charge on any atom is 0.262 e. The fourth-order valence-corrected chi connectivity index (χ4v) is 12.3. The Balaban J connectivity index is 0.744. The van der Waals surface area contributed by atoms with Gasteiger partial charge in [-0.25, -0.2) is 4.39 Å². The molecule has 1 spiro atoms. The molecule has 346 valence electrons. The van der Waals surface area contributed by atoms with Gasteiger partial charge in [-0.1, -0.05) is 62.6 Å². The first-order valence-electron chi connectivity index (χ1n) is 23.3. The summed E-state index contributed by atoms with van der Waals surface area (Å²) in [5.74, 6) is -1.95. The molecule has 15 heteroatoms. The van der Waals surface area contributed by atoms with E-state index in [2.05, 4.69) is 66.7 Å². The van der Waals surface area contributed by atoms with Crippen molar-refractivity contribution in [2.75, 3.05) is 18.0 Å². The molecule has 2 aromatic carbocycles. The lowest BCUT2D eigenvalue weighted by Crippen LogP contribution is -2.74. The van der Waals surface area contributed by atoms with Crippen molar-refractivity contribution in [3.8, 4) is 11.8 Å². The van der Waals surface area contributed by atoms with Gasteiger partial charge in [0.2, 0.25) is 11.8 Å². The van der Waals surface area contributed by atoms with Gasteiger partial charge in [0, 0.05) is 48.9 Å². The van der Waals surface area contributed by atoms with Crippen molar-refractivity contribution in [3.63, 3.8) is 0 Å². The molecule has 3 aliphatic heterocycles. The number of ether oxygens (including phenoxy) is 1. The van der Waals surface area contributed by atoms with Crippen molar-refractivity contribution in [3.05, 3.63) is 105 Å². The van der Waals surface area contributed by atoms with E-state index in [0.29, 0.717) is 53.1 Å². The highest BCUT2D eigenvalue weighted by molar-refractivity contribution is 6.31. The Morgan fingerprint density at radius 3 is 2.39 bits per heavy atom. The predicted octanol–water partition coefficient (Wildman–Crippen LogP) is 8.06. The SMILES string of the molecule is CC1(C)[C@H](NC(O)c2ccc(CC3=CCCC(/C=C4/CCC5(CCN(c6cc7c(cc6F)C(=O)N(C6CCC(=O)NC6=O)C7=O)CC5)C4)CC3)nn2)C(C)(C)[C@@H]1Oc1ccc(C#N)c(Cl)c1. The summed E-state index contributed by atoms with van der Waals surface area (Å²) in [6.07, 6.45) is 13.6. The Hall–Kier alpha value is -5.49. The van der Waals surface area contributed by atoms with Crippen LogP contribution in [0.3, 0.4) is 0 Å². The first-order chi connectivity index (χ1) is 31.5. The third kappa shape index (κ3) is 8.54. The van der Waals surface area contributed by atoms with E-state index in [9.17, 15) is 29.5 Å². The van der Waals surface area contributed by atoms with Crippen molar-refractivity contribution < 1.29 is 33.4 Å². The van der Waals surface area contributed by atoms with Crippen molar-refractivity contribution >= 4 is 40.9 Å². The van der Waals surface area contributed by atoms with Gasteiger partial charge in [0.1, 0.15) is 41.7 Å². The van der Waals surface area contributed by atoms with Crippen LogP contribution in [0.25, 0.3) is 0 Å². The number of nitriles is 1. The van der Waals surface area contributed by atoms with Gasteiger partial charge in [-0.2, -0.15) is 15.5 Å². The van der Waals surface area contributed by atoms with Crippen LogP contribution in [0.5, 0.6) is 5.75 Å². The van der Waals surface area contributed by atoms with Gasteiger partial charge in [-0.15, -0.1) is 0 Å². The minimum Gasteiger partial charge on any atom is -0.489 e. The Labute approximate surface area is 389 Å². The number of aliphatic hydroxyl groups is 1. The molecule has 1 aromatic heterocycles. The predicted molar refractivity (Wildman–Crippen MR) is 245 cm³/mol. The second-order valence-electron chi connectivity index (χ2n) is 20.5. The molecule has 13 nitrogen and oxygen atoms in total. The van der Waals surface area contributed by atoms with Gasteiger partial charge in [-0.3, -0.25) is 34.7 Å². The molecule has 2 saturated heterocycles. The first-order valence-corrected chi connectivity index (χ1v) is 23.6. The summed E-state index contributed by atoms with van der Waals surface area (Å²) in [5.41, 5.74) is 4.41. The van der Waals surface area contributed by atoms with E-state index in [-0.39, 0.29) is 52.4 Å². The standard InChI is InChI=1S/C51H57ClFN7O6/c1-49(2)47(50(3,4)48(49)66-34-12-10-32(28-54)37(52)24-34)56-43(62)39-13-11-33(57-58-39)23-30-7-5-6-29(8-9-30)22-31-16-17-51(27-31)18-20-59(21-19-51)41-26-36-35(25-38(41)53)45(64)60(46(36)65)40-14-15-42(61)55-44(40)63/h7,10-13,22,24-26,29,40,43,47-48,56,62H,5-6,8-9,14-21,23,27H2,1-4H3,(H,55,61,63)/b31-22-/t29?,40?,43?,47-,48+. The van der Waals surface area contributed by atoms with E-state index in [1.165, 1.54) is 17.2 Å². The van der Waals surface area contributed by atoms with Crippen LogP contribution in [-0.2, 0) is 16.0 Å². The van der Waals surface area contributed by atoms with Gasteiger partial charge < -0.3 is 14.7 Å². The number of benzene rings is 2. The molecule has 3 aromatic rings. The van der Waals surface area contributed by atoms with Gasteiger partial charge in [0.25, 0.3) is 11.8 Å². The molecule has 0 radical (unpaired) electrons. The van der Waals surface area contributed by atoms with Gasteiger partial charge in [0.05, 0.1) is 33.1 Å². The number of anilines is 1. The lowest BCUT2D eigenvalue weighted by atomic mass is 9.49. The van der Waals surface area contributed by atoms with Crippen LogP contribution >= 0.6 is 11.6 Å². The monoisotopic (exact) mass is 917 g/mol. The molecule has 4 amide bonds. The number of carbonyl (C=O) groups is 4. The zero-order chi connectivity index (χ0) is 46.7. The summed E-state index contributed by atoms with van der Waals surface area (Å²) >= 11 is 6.27. The Morgan fingerprint density at radius 1 is 0.970 bits per heavy atom. The summed E-state index contributed by atoms with van der Waals surface area (Å²) < 4.78 is 22.0. The Kier molecular flexibility index (Phi) is 12.2. The number of fused-ring (bicyclic) bond motifs is 1. The average molecular weight is 919 g/mol. The third-order valence-electron chi connectivity index (χ3n) is 15.4. The smallest absolute Gasteiger partial charge is 0.262 e. The van der Waals surface area contributed by atoms with Crippen LogP contribution in [0.1, 0.15) is 142 Å². The van der Waals surface area contributed by atoms with Crippen molar-refractivity contribution in [2.24, 2.45) is 22.2 Å². The number of hydrogen-bond acceptors (Lipinski definition) is 11. The van der Waals surface area contributed by atoms with E-state index >= 15 is 4.39 Å². The topological polar surface area (TPSA) is 178 Å². The van der Waals surface area contributed by atoms with Crippen molar-refractivity contribution in [1.82, 2.24) is 25.7 Å². The van der Waals surface area contributed by atoms with Crippen LogP contribution in [0, 0.1) is 39.3 Å². The van der Waals surface area contributed by atoms with Crippen LogP contribution in [-0.4, -0.2) is 75.1 Å². The maximum absolute atomic E-state index is 15.6. The van der Waals surface area contributed by atoms with Gasteiger partial charge in [0.15, 0.2) is 0 Å². The summed E-state index contributed by atoms with van der Waals surface area (Å²) in [6.45, 7) is 9.70. The van der Waals surface area contributed by atoms with E-state index in [0.717, 1.165) is 74.4 Å². The molecule has 66 heavy (non-hydrogen) atoms. The number of carbonyl (C=O) groups excluding carboxylic acids is 4. The number of imide groups is 2. The number of nitrogens with zero attached hydrogens (tertiary/aromatic N) is 5. The number of halogens is 2. The molecule has 9 rings (SSSR count). The number of aromatic nitrogens is 2. The second-order valence-corrected chi connectivity index (χ2v) is 21.0. The van der Waals surface area contributed by atoms with Crippen LogP contribution < -0.4 is 20.3 Å². The van der Waals surface area contributed by atoms with Crippen molar-refractivity contribution in [1.29, 1.82) is 5.26 Å². The number of allylic oxidation sites excluding steroid dienone is 4. The number of rotatable bonds is 10. The fraction of sp³-hybridized carbons (Fsp3) is 0.510. The summed E-state index contributed by atoms with van der Waals surface area (Å²) in [4.78, 5) is 53.7. The number of hydrogen-bond donors (Lipinski definition) is 3. The van der Waals surface area contributed by atoms with Crippen LogP contribution in [0.2, 0.25) is 5.02 Å². The van der Waals surface area contributed by atoms with Crippen LogP contribution in [0.15, 0.2) is 65.8 Å². The molecule has 3 aliphatic carbocycles. The van der Waals surface area contributed by atoms with Gasteiger partial charge in [-0.05, 0) is 112 Å². The van der Waals surface area contributed by atoms with E-state index < -0.39 is 41.7 Å². The molecular weight excluding hydrogens is 861 g/mol. The zero-order valence-corrected chi connectivity index (χ0v) is 38.7. The van der Waals surface area contributed by atoms with Gasteiger partial charge >= 0.3 is 0 Å². The lowest BCUT2D eigenvalue weighted by Gasteiger charge is -2.63. The third-order valence-corrected chi connectivity index (χ3v) is 15.7. The first kappa shape index (κ1) is 45.7. The summed E-state index contributed by atoms with van der Waals surface area (Å²) in [6, 6.07) is 12.4.